The summed E-state index contributed by atoms with van der Waals surface area (Å²) in [7, 11) is 0. The van der Waals surface area contributed by atoms with E-state index >= 15 is 0 Å². The number of nitrogens with zero attached hydrogens (tertiary/aromatic N) is 1. The molecule has 1 heterocycles. The van der Waals surface area contributed by atoms with Gasteiger partial charge in [-0.05, 0) is 68.0 Å². The Hall–Kier alpha value is -2.68. The molecule has 4 rings (SSSR count). The number of hydrogen-bond acceptors (Lipinski definition) is 3. The van der Waals surface area contributed by atoms with Gasteiger partial charge in [-0.1, -0.05) is 31.5 Å². The molecule has 3 nitrogen and oxygen atoms in total. The molecule has 0 spiro atoms. The molecule has 0 bridgehead atoms. The number of nitrogens with one attached hydrogen (secondary N) is 1. The van der Waals surface area contributed by atoms with E-state index in [4.69, 9.17) is 4.98 Å². The average Bonchev–Trinajstić information content (AvgIpc) is 3.13. The Bertz CT molecular complexity index is 979. The van der Waals surface area contributed by atoms with E-state index in [-0.39, 0.29) is 5.92 Å². The van der Waals surface area contributed by atoms with Crippen molar-refractivity contribution in [2.75, 3.05) is 5.32 Å². The van der Waals surface area contributed by atoms with E-state index in [1.165, 1.54) is 17.5 Å². The van der Waals surface area contributed by atoms with Crippen LogP contribution in [0, 0.1) is 6.92 Å². The van der Waals surface area contributed by atoms with E-state index < -0.39 is 0 Å². The minimum Gasteiger partial charge on any atom is -0.355 e. The number of para-hydroxylation sites is 1. The molecule has 3 aromatic rings. The normalized spacial score (nSPS) is 14.1. The maximum Gasteiger partial charge on any atom is 0.127 e. The second-order valence-corrected chi connectivity index (χ2v) is 7.50. The molecule has 0 fully saturated rings. The predicted octanol–water partition coefficient (Wildman–Crippen LogP) is 5.86. The molecule has 2 aromatic carbocycles. The van der Waals surface area contributed by atoms with Gasteiger partial charge in [-0.3, -0.25) is 4.98 Å². The summed E-state index contributed by atoms with van der Waals surface area (Å²) in [6.07, 6.45) is 6.38. The molecule has 1 unspecified atom stereocenters. The van der Waals surface area contributed by atoms with Gasteiger partial charge in [-0.25, -0.2) is 0 Å². The number of anilines is 2. The molecule has 3 heteroatoms. The van der Waals surface area contributed by atoms with Crippen molar-refractivity contribution >= 4 is 28.6 Å². The number of pyridine rings is 1. The van der Waals surface area contributed by atoms with Crippen LogP contribution in [-0.2, 0) is 17.6 Å². The summed E-state index contributed by atoms with van der Waals surface area (Å²) in [5, 5.41) is 4.75. The number of aldehydes is 1. The second kappa shape index (κ2) is 7.51. The van der Waals surface area contributed by atoms with E-state index in [9.17, 15) is 4.79 Å². The summed E-state index contributed by atoms with van der Waals surface area (Å²) in [5.41, 5.74) is 7.94. The van der Waals surface area contributed by atoms with Crippen LogP contribution >= 0.6 is 0 Å². The third kappa shape index (κ3) is 3.34. The van der Waals surface area contributed by atoms with E-state index in [1.54, 1.807) is 0 Å². The molecular weight excluding hydrogens is 332 g/mol. The van der Waals surface area contributed by atoms with Crippen LogP contribution < -0.4 is 5.32 Å². The Morgan fingerprint density at radius 3 is 2.59 bits per heavy atom. The Morgan fingerprint density at radius 2 is 1.89 bits per heavy atom. The molecule has 0 aliphatic heterocycles. The lowest BCUT2D eigenvalue weighted by Crippen LogP contribution is -2.09. The van der Waals surface area contributed by atoms with Crippen LogP contribution in [-0.4, -0.2) is 11.3 Å². The van der Waals surface area contributed by atoms with E-state index in [1.807, 2.05) is 25.1 Å². The quantitative estimate of drug-likeness (QED) is 0.561. The van der Waals surface area contributed by atoms with Gasteiger partial charge >= 0.3 is 0 Å². The van der Waals surface area contributed by atoms with Crippen molar-refractivity contribution in [1.82, 2.24) is 4.98 Å². The summed E-state index contributed by atoms with van der Waals surface area (Å²) in [6.45, 7) is 4.15. The molecular formula is C24H26N2O. The fourth-order valence-corrected chi connectivity index (χ4v) is 4.32. The van der Waals surface area contributed by atoms with Gasteiger partial charge < -0.3 is 10.1 Å². The molecule has 0 saturated heterocycles. The smallest absolute Gasteiger partial charge is 0.127 e. The van der Waals surface area contributed by atoms with Crippen molar-refractivity contribution in [1.29, 1.82) is 0 Å². The van der Waals surface area contributed by atoms with Crippen LogP contribution in [0.3, 0.4) is 0 Å². The van der Waals surface area contributed by atoms with E-state index in [0.717, 1.165) is 65.5 Å². The van der Waals surface area contributed by atoms with Gasteiger partial charge in [0.2, 0.25) is 0 Å². The third-order valence-electron chi connectivity index (χ3n) is 5.60. The van der Waals surface area contributed by atoms with Crippen molar-refractivity contribution in [2.24, 2.45) is 0 Å². The maximum atomic E-state index is 11.9. The molecule has 1 atom stereocenters. The van der Waals surface area contributed by atoms with Gasteiger partial charge in [0.25, 0.3) is 0 Å². The molecule has 0 amide bonds. The second-order valence-electron chi connectivity index (χ2n) is 7.50. The number of carbonyl (C=O) groups excluding carboxylic acids is 1. The van der Waals surface area contributed by atoms with Crippen molar-refractivity contribution in [2.45, 2.75) is 51.9 Å². The first-order valence-electron chi connectivity index (χ1n) is 9.94. The lowest BCUT2D eigenvalue weighted by Gasteiger charge is -2.21. The largest absolute Gasteiger partial charge is 0.355 e. The first-order chi connectivity index (χ1) is 13.2. The van der Waals surface area contributed by atoms with Crippen molar-refractivity contribution in [3.63, 3.8) is 0 Å². The van der Waals surface area contributed by atoms with E-state index in [2.05, 4.69) is 36.5 Å². The number of rotatable bonds is 6. The number of benzene rings is 2. The first-order valence-corrected chi connectivity index (χ1v) is 9.94. The summed E-state index contributed by atoms with van der Waals surface area (Å²) >= 11 is 0. The summed E-state index contributed by atoms with van der Waals surface area (Å²) in [4.78, 5) is 16.8. The van der Waals surface area contributed by atoms with Gasteiger partial charge in [-0.15, -0.1) is 0 Å². The van der Waals surface area contributed by atoms with Crippen LogP contribution in [0.15, 0.2) is 42.5 Å². The van der Waals surface area contributed by atoms with Gasteiger partial charge in [0, 0.05) is 28.2 Å². The molecule has 0 radical (unpaired) electrons. The SMILES string of the molecule is CCCC(C=O)c1c(C)nc2cc3c(cc2c1Nc1ccccc1)CCC3. The molecule has 1 aliphatic rings. The van der Waals surface area contributed by atoms with Gasteiger partial charge in [0.05, 0.1) is 11.2 Å². The summed E-state index contributed by atoms with van der Waals surface area (Å²) < 4.78 is 0. The zero-order valence-corrected chi connectivity index (χ0v) is 16.1. The van der Waals surface area contributed by atoms with Crippen LogP contribution in [0.5, 0.6) is 0 Å². The van der Waals surface area contributed by atoms with Gasteiger partial charge in [0.1, 0.15) is 6.29 Å². The van der Waals surface area contributed by atoms with Crippen molar-refractivity contribution in [3.8, 4) is 0 Å². The lowest BCUT2D eigenvalue weighted by molar-refractivity contribution is -0.109. The van der Waals surface area contributed by atoms with Crippen molar-refractivity contribution < 1.29 is 4.79 Å². The minimum atomic E-state index is -0.133. The molecule has 0 saturated carbocycles. The lowest BCUT2D eigenvalue weighted by atomic mass is 9.90. The molecule has 1 aliphatic carbocycles. The monoisotopic (exact) mass is 358 g/mol. The summed E-state index contributed by atoms with van der Waals surface area (Å²) in [6, 6.07) is 14.7. The Balaban J connectivity index is 1.96. The number of aryl methyl sites for hydroxylation is 3. The van der Waals surface area contributed by atoms with Crippen LogP contribution in [0.4, 0.5) is 11.4 Å². The number of carbonyl (C=O) groups is 1. The maximum absolute atomic E-state index is 11.9. The Kier molecular flexibility index (Phi) is 4.93. The number of fused-ring (bicyclic) bond motifs is 2. The van der Waals surface area contributed by atoms with E-state index in [0.29, 0.717) is 0 Å². The molecule has 138 valence electrons. The van der Waals surface area contributed by atoms with Crippen LogP contribution in [0.25, 0.3) is 10.9 Å². The topological polar surface area (TPSA) is 42.0 Å². The van der Waals surface area contributed by atoms with Gasteiger partial charge in [-0.2, -0.15) is 0 Å². The highest BCUT2D eigenvalue weighted by atomic mass is 16.1. The highest BCUT2D eigenvalue weighted by Crippen LogP contribution is 2.39. The minimum absolute atomic E-state index is 0.133. The highest BCUT2D eigenvalue weighted by Gasteiger charge is 2.22. The summed E-state index contributed by atoms with van der Waals surface area (Å²) in [5.74, 6) is -0.133. The Labute approximate surface area is 160 Å². The van der Waals surface area contributed by atoms with Crippen molar-refractivity contribution in [3.05, 3.63) is 64.8 Å². The molecule has 27 heavy (non-hydrogen) atoms. The van der Waals surface area contributed by atoms with Crippen LogP contribution in [0.1, 0.15) is 54.5 Å². The first kappa shape index (κ1) is 17.7. The zero-order valence-electron chi connectivity index (χ0n) is 16.1. The fourth-order valence-electron chi connectivity index (χ4n) is 4.32. The third-order valence-corrected chi connectivity index (χ3v) is 5.60. The standard InChI is InChI=1S/C24H26N2O/c1-3-8-19(15-27)23-16(2)25-22-14-18-10-7-9-17(18)13-21(22)24(23)26-20-11-5-4-6-12-20/h4-6,11-15,19H,3,7-10H2,1-2H3,(H,25,26). The zero-order chi connectivity index (χ0) is 18.8. The Morgan fingerprint density at radius 1 is 1.15 bits per heavy atom. The van der Waals surface area contributed by atoms with Crippen LogP contribution in [0.2, 0.25) is 0 Å². The fraction of sp³-hybridized carbons (Fsp3) is 0.333. The number of hydrogen-bond donors (Lipinski definition) is 1. The van der Waals surface area contributed by atoms with Gasteiger partial charge in [0.15, 0.2) is 0 Å². The number of aromatic nitrogens is 1. The average molecular weight is 358 g/mol. The molecule has 1 aromatic heterocycles. The highest BCUT2D eigenvalue weighted by molar-refractivity contribution is 5.97. The molecule has 1 N–H and O–H groups in total. The predicted molar refractivity (Wildman–Crippen MR) is 112 cm³/mol.